The summed E-state index contributed by atoms with van der Waals surface area (Å²) in [6, 6.07) is 4.13. The minimum Gasteiger partial charge on any atom is -0.353 e. The average molecular weight is 379 g/mol. The highest BCUT2D eigenvalue weighted by Crippen LogP contribution is 2.23. The van der Waals surface area contributed by atoms with E-state index in [2.05, 4.69) is 40.8 Å². The van der Waals surface area contributed by atoms with Gasteiger partial charge in [0, 0.05) is 37.6 Å². The molecule has 0 bridgehead atoms. The standard InChI is InChI=1S/C17H26N6O2S/c1-17(2,3)16-19-18-14-4-5-15(20-23(14)16)22-9-7-21(8-10-22)13-6-11-26(24,25)12-13/h4-5,13H,6-12H2,1-3H3. The van der Waals surface area contributed by atoms with Crippen molar-refractivity contribution < 1.29 is 8.42 Å². The maximum atomic E-state index is 11.7. The molecule has 0 aromatic carbocycles. The Hall–Kier alpha value is -1.74. The van der Waals surface area contributed by atoms with Crippen LogP contribution in [0, 0.1) is 0 Å². The number of fused-ring (bicyclic) bond motifs is 1. The van der Waals surface area contributed by atoms with Crippen molar-refractivity contribution in [1.82, 2.24) is 24.7 Å². The van der Waals surface area contributed by atoms with Crippen LogP contribution >= 0.6 is 0 Å². The molecule has 2 aromatic rings. The summed E-state index contributed by atoms with van der Waals surface area (Å²) in [7, 11) is -2.83. The van der Waals surface area contributed by atoms with Crippen molar-refractivity contribution in [3.05, 3.63) is 18.0 Å². The molecule has 26 heavy (non-hydrogen) atoms. The number of rotatable bonds is 2. The molecule has 0 saturated carbocycles. The Balaban J connectivity index is 1.49. The van der Waals surface area contributed by atoms with Gasteiger partial charge >= 0.3 is 0 Å². The molecule has 1 atom stereocenters. The van der Waals surface area contributed by atoms with E-state index in [1.165, 1.54) is 0 Å². The number of aromatic nitrogens is 4. The smallest absolute Gasteiger partial charge is 0.178 e. The van der Waals surface area contributed by atoms with Crippen molar-refractivity contribution in [1.29, 1.82) is 0 Å². The van der Waals surface area contributed by atoms with Gasteiger partial charge in [0.1, 0.15) is 5.82 Å². The number of nitrogens with zero attached hydrogens (tertiary/aromatic N) is 6. The molecule has 2 fully saturated rings. The second kappa shape index (κ2) is 6.16. The van der Waals surface area contributed by atoms with Gasteiger partial charge in [0.15, 0.2) is 21.3 Å². The van der Waals surface area contributed by atoms with Crippen LogP contribution in [-0.2, 0) is 15.3 Å². The SMILES string of the molecule is CC(C)(C)c1nnc2ccc(N3CCN(C4CCS(=O)(=O)C4)CC3)nn12. The molecular formula is C17H26N6O2S. The minimum absolute atomic E-state index is 0.127. The van der Waals surface area contributed by atoms with Crippen molar-refractivity contribution >= 4 is 21.3 Å². The second-order valence-electron chi connectivity index (χ2n) is 8.32. The average Bonchev–Trinajstić information content (AvgIpc) is 3.17. The zero-order valence-electron chi connectivity index (χ0n) is 15.6. The van der Waals surface area contributed by atoms with Crippen molar-refractivity contribution in [3.8, 4) is 0 Å². The Morgan fingerprint density at radius 1 is 1.08 bits per heavy atom. The molecular weight excluding hydrogens is 352 g/mol. The topological polar surface area (TPSA) is 83.7 Å². The lowest BCUT2D eigenvalue weighted by atomic mass is 9.96. The number of anilines is 1. The molecule has 0 aliphatic carbocycles. The lowest BCUT2D eigenvalue weighted by molar-refractivity contribution is 0.200. The molecule has 2 aliphatic heterocycles. The third-order valence-corrected chi connectivity index (χ3v) is 7.03. The number of piperazine rings is 1. The molecule has 0 amide bonds. The Kier molecular flexibility index (Phi) is 4.18. The van der Waals surface area contributed by atoms with E-state index in [9.17, 15) is 8.42 Å². The van der Waals surface area contributed by atoms with Gasteiger partial charge < -0.3 is 4.90 Å². The summed E-state index contributed by atoms with van der Waals surface area (Å²) < 4.78 is 25.3. The van der Waals surface area contributed by atoms with Crippen LogP contribution in [0.15, 0.2) is 12.1 Å². The quantitative estimate of drug-likeness (QED) is 0.762. The van der Waals surface area contributed by atoms with Crippen molar-refractivity contribution in [2.75, 3.05) is 42.6 Å². The molecule has 8 nitrogen and oxygen atoms in total. The molecule has 9 heteroatoms. The number of sulfone groups is 1. The first-order valence-electron chi connectivity index (χ1n) is 9.15. The summed E-state index contributed by atoms with van der Waals surface area (Å²) >= 11 is 0. The zero-order chi connectivity index (χ0) is 18.5. The van der Waals surface area contributed by atoms with Gasteiger partial charge in [0.05, 0.1) is 11.5 Å². The summed E-state index contributed by atoms with van der Waals surface area (Å²) in [4.78, 5) is 4.57. The molecule has 4 heterocycles. The van der Waals surface area contributed by atoms with E-state index >= 15 is 0 Å². The maximum absolute atomic E-state index is 11.7. The molecule has 2 aliphatic rings. The third-order valence-electron chi connectivity index (χ3n) is 5.28. The van der Waals surface area contributed by atoms with Crippen LogP contribution in [0.1, 0.15) is 33.0 Å². The van der Waals surface area contributed by atoms with Crippen molar-refractivity contribution in [2.45, 2.75) is 38.6 Å². The highest BCUT2D eigenvalue weighted by Gasteiger charge is 2.34. The fourth-order valence-corrected chi connectivity index (χ4v) is 5.56. The molecule has 142 valence electrons. The summed E-state index contributed by atoms with van der Waals surface area (Å²) in [5, 5.41) is 13.3. The summed E-state index contributed by atoms with van der Waals surface area (Å²) in [5.41, 5.74) is 0.631. The van der Waals surface area contributed by atoms with Gasteiger partial charge in [-0.15, -0.1) is 15.3 Å². The summed E-state index contributed by atoms with van der Waals surface area (Å²) in [6.07, 6.45) is 0.766. The Morgan fingerprint density at radius 3 is 2.42 bits per heavy atom. The Bertz CT molecular complexity index is 909. The lowest BCUT2D eigenvalue weighted by Gasteiger charge is -2.38. The van der Waals surface area contributed by atoms with Gasteiger partial charge in [-0.25, -0.2) is 8.42 Å². The Labute approximate surface area is 154 Å². The van der Waals surface area contributed by atoms with Gasteiger partial charge in [0.2, 0.25) is 0 Å². The van der Waals surface area contributed by atoms with Crippen LogP contribution in [-0.4, -0.2) is 76.9 Å². The molecule has 0 radical (unpaired) electrons. The van der Waals surface area contributed by atoms with Gasteiger partial charge in [-0.1, -0.05) is 20.8 Å². The van der Waals surface area contributed by atoms with E-state index < -0.39 is 9.84 Å². The van der Waals surface area contributed by atoms with Crippen molar-refractivity contribution in [2.24, 2.45) is 0 Å². The van der Waals surface area contributed by atoms with Gasteiger partial charge in [0.25, 0.3) is 0 Å². The monoisotopic (exact) mass is 378 g/mol. The van der Waals surface area contributed by atoms with E-state index in [1.54, 1.807) is 0 Å². The van der Waals surface area contributed by atoms with E-state index in [1.807, 2.05) is 16.6 Å². The predicted molar refractivity (Wildman–Crippen MR) is 100 cm³/mol. The van der Waals surface area contributed by atoms with E-state index in [0.29, 0.717) is 11.5 Å². The third kappa shape index (κ3) is 3.29. The van der Waals surface area contributed by atoms with Gasteiger partial charge in [-0.2, -0.15) is 4.52 Å². The molecule has 2 aromatic heterocycles. The van der Waals surface area contributed by atoms with Crippen LogP contribution in [0.25, 0.3) is 5.65 Å². The minimum atomic E-state index is -2.83. The van der Waals surface area contributed by atoms with E-state index in [-0.39, 0.29) is 11.5 Å². The van der Waals surface area contributed by atoms with E-state index in [4.69, 9.17) is 5.10 Å². The first-order chi connectivity index (χ1) is 12.2. The largest absolute Gasteiger partial charge is 0.353 e. The fraction of sp³-hybridized carbons (Fsp3) is 0.706. The normalized spacial score (nSPS) is 24.4. The first kappa shape index (κ1) is 17.7. The molecule has 4 rings (SSSR count). The molecule has 0 N–H and O–H groups in total. The summed E-state index contributed by atoms with van der Waals surface area (Å²) in [6.45, 7) is 9.75. The van der Waals surface area contributed by atoms with Crippen LogP contribution < -0.4 is 4.90 Å². The molecule has 2 saturated heterocycles. The van der Waals surface area contributed by atoms with Crippen LogP contribution in [0.2, 0.25) is 0 Å². The van der Waals surface area contributed by atoms with Gasteiger partial charge in [-0.05, 0) is 18.6 Å². The van der Waals surface area contributed by atoms with Crippen LogP contribution in [0.4, 0.5) is 5.82 Å². The first-order valence-corrected chi connectivity index (χ1v) is 11.0. The van der Waals surface area contributed by atoms with Crippen LogP contribution in [0.3, 0.4) is 0 Å². The van der Waals surface area contributed by atoms with E-state index in [0.717, 1.165) is 49.9 Å². The fourth-order valence-electron chi connectivity index (χ4n) is 3.80. The molecule has 0 spiro atoms. The highest BCUT2D eigenvalue weighted by molar-refractivity contribution is 7.91. The molecule has 1 unspecified atom stereocenters. The van der Waals surface area contributed by atoms with Crippen molar-refractivity contribution in [3.63, 3.8) is 0 Å². The summed E-state index contributed by atoms with van der Waals surface area (Å²) in [5.74, 6) is 2.41. The highest BCUT2D eigenvalue weighted by atomic mass is 32.2. The Morgan fingerprint density at radius 2 is 1.81 bits per heavy atom. The number of hydrogen-bond donors (Lipinski definition) is 0. The lowest BCUT2D eigenvalue weighted by Crippen LogP contribution is -2.51. The maximum Gasteiger partial charge on any atom is 0.178 e. The van der Waals surface area contributed by atoms with Gasteiger partial charge in [-0.3, -0.25) is 4.90 Å². The number of hydrogen-bond acceptors (Lipinski definition) is 7. The second-order valence-corrected chi connectivity index (χ2v) is 10.5. The van der Waals surface area contributed by atoms with Crippen LogP contribution in [0.5, 0.6) is 0 Å². The zero-order valence-corrected chi connectivity index (χ0v) is 16.4. The predicted octanol–water partition coefficient (Wildman–Crippen LogP) is 0.731.